The number of aromatic nitrogens is 4. The molecule has 0 aliphatic rings. The molecule has 0 spiro atoms. The summed E-state index contributed by atoms with van der Waals surface area (Å²) in [6.07, 6.45) is 0. The van der Waals surface area contributed by atoms with E-state index in [-0.39, 0.29) is 16.6 Å². The first-order valence-corrected chi connectivity index (χ1v) is 25.2. The van der Waals surface area contributed by atoms with Gasteiger partial charge in [-0.2, -0.15) is 5.26 Å². The Morgan fingerprint density at radius 3 is 1.37 bits per heavy atom. The first-order valence-electron chi connectivity index (χ1n) is 37.2. The van der Waals surface area contributed by atoms with Gasteiger partial charge in [-0.25, -0.2) is 4.85 Å². The van der Waals surface area contributed by atoms with Crippen LogP contribution in [0.2, 0.25) is 0 Å². The molecule has 17 aromatic rings. The van der Waals surface area contributed by atoms with E-state index < -0.39 is 244 Å². The Balaban J connectivity index is 1.31. The molecule has 5 aromatic heterocycles. The number of nitrogens with zero attached hydrogens (tertiary/aromatic N) is 6. The van der Waals surface area contributed by atoms with Gasteiger partial charge in [0.15, 0.2) is 0 Å². The largest absolute Gasteiger partial charge is 0.456 e. The Morgan fingerprint density at radius 2 is 0.840 bits per heavy atom. The van der Waals surface area contributed by atoms with E-state index in [9.17, 15) is 42.0 Å². The van der Waals surface area contributed by atoms with E-state index in [1.807, 2.05) is 60.7 Å². The SMILES string of the molecule is [2H]c1c([2H])c([2H])c2c(c1[2H])c1c([2H])c([2H])c([2H])c([2H])c1n2-c1c(C#N)c(-n2c3c([2H])c([2H])c([2H])c([2H])c3c3c([2H])c([2H])c([2H])c([2H])c32)c(-n2c3cc(-c4ccccc4-c4ccccc4)ccc3c3ccc4oc5ccccc5c4c32)c(-n2c3c([2H])c([2H])c([2H])c([2H])c3c3c([2H])c([2H])c([2H])c([2H])c32)c1[N+]#[C-]. The predicted octanol–water partition coefficient (Wildman–Crippen LogP) is 19.7. The third-order valence-electron chi connectivity index (χ3n) is 15.2. The zero-order valence-electron chi connectivity index (χ0n) is 65.5. The third-order valence-corrected chi connectivity index (χ3v) is 15.2. The maximum atomic E-state index is 13.1. The van der Waals surface area contributed by atoms with Crippen molar-refractivity contribution in [1.29, 1.82) is 5.26 Å². The third kappa shape index (κ3) is 6.15. The summed E-state index contributed by atoms with van der Waals surface area (Å²) in [6, 6.07) is 12.6. The van der Waals surface area contributed by atoms with Gasteiger partial charge in [-0.1, -0.05) is 194 Å². The summed E-state index contributed by atoms with van der Waals surface area (Å²) >= 11 is 0. The van der Waals surface area contributed by atoms with Crippen molar-refractivity contribution in [3.63, 3.8) is 0 Å². The second-order valence-electron chi connectivity index (χ2n) is 19.1. The number of nitriles is 1. The second kappa shape index (κ2) is 17.1. The lowest BCUT2D eigenvalue weighted by Gasteiger charge is -2.27. The molecule has 81 heavy (non-hydrogen) atoms. The van der Waals surface area contributed by atoms with Crippen LogP contribution in [-0.2, 0) is 0 Å². The van der Waals surface area contributed by atoms with Gasteiger partial charge in [-0.05, 0) is 82.8 Å². The number of para-hydroxylation sites is 7. The van der Waals surface area contributed by atoms with Crippen LogP contribution in [0.4, 0.5) is 5.69 Å². The van der Waals surface area contributed by atoms with Crippen LogP contribution < -0.4 is 0 Å². The molecule has 0 fully saturated rings. The number of fused-ring (bicyclic) bond motifs is 16. The highest BCUT2D eigenvalue weighted by Crippen LogP contribution is 2.53. The van der Waals surface area contributed by atoms with Crippen molar-refractivity contribution < 1.29 is 37.3 Å². The fraction of sp³-hybridized carbons (Fsp3) is 0. The molecule has 0 unspecified atom stereocenters. The minimum absolute atomic E-state index is 0.116. The molecule has 0 radical (unpaired) electrons. The van der Waals surface area contributed by atoms with Crippen molar-refractivity contribution in [2.45, 2.75) is 0 Å². The van der Waals surface area contributed by atoms with Crippen LogP contribution >= 0.6 is 0 Å². The number of benzene rings is 12. The monoisotopic (exact) mass is 1050 g/mol. The molecule has 7 nitrogen and oxygen atoms in total. The highest BCUT2D eigenvalue weighted by atomic mass is 16.3. The number of furan rings is 1. The summed E-state index contributed by atoms with van der Waals surface area (Å²) in [5.41, 5.74) is -5.64. The van der Waals surface area contributed by atoms with Gasteiger partial charge in [0.05, 0.1) is 117 Å². The van der Waals surface area contributed by atoms with Crippen LogP contribution in [0.25, 0.3) is 159 Å². The molecule has 0 saturated heterocycles. The highest BCUT2D eigenvalue weighted by Gasteiger charge is 2.35. The molecule has 7 heteroatoms. The van der Waals surface area contributed by atoms with Crippen LogP contribution in [0.15, 0.2) is 259 Å². The Hall–Kier alpha value is -11.4. The minimum atomic E-state index is -0.971. The molecule has 0 atom stereocenters. The van der Waals surface area contributed by atoms with Crippen molar-refractivity contribution in [3.05, 3.63) is 271 Å². The van der Waals surface area contributed by atoms with Gasteiger partial charge in [-0.15, -0.1) is 0 Å². The first-order chi connectivity index (χ1) is 50.1. The van der Waals surface area contributed by atoms with Gasteiger partial charge in [0.1, 0.15) is 17.2 Å². The molecule has 5 heterocycles. The van der Waals surface area contributed by atoms with Gasteiger partial charge in [0.25, 0.3) is 0 Å². The molecule has 374 valence electrons. The van der Waals surface area contributed by atoms with Crippen LogP contribution in [0.5, 0.6) is 0 Å². The lowest BCUT2D eigenvalue weighted by molar-refractivity contribution is 0.669. The maximum Gasteiger partial charge on any atom is 0.237 e. The van der Waals surface area contributed by atoms with Gasteiger partial charge >= 0.3 is 0 Å². The second-order valence-corrected chi connectivity index (χ2v) is 19.1. The normalized spacial score (nSPS) is 16.1. The summed E-state index contributed by atoms with van der Waals surface area (Å²) in [7, 11) is 0. The molecule has 0 aliphatic heterocycles. The van der Waals surface area contributed by atoms with E-state index in [0.717, 1.165) is 24.8 Å². The molecule has 0 N–H and O–H groups in total. The molecule has 0 saturated carbocycles. The highest BCUT2D eigenvalue weighted by molar-refractivity contribution is 6.26. The van der Waals surface area contributed by atoms with Crippen molar-refractivity contribution in [1.82, 2.24) is 18.3 Å². The van der Waals surface area contributed by atoms with Crippen molar-refractivity contribution in [3.8, 4) is 51.1 Å². The molecule has 17 rings (SSSR count). The minimum Gasteiger partial charge on any atom is -0.456 e. The molecule has 0 bridgehead atoms. The maximum absolute atomic E-state index is 13.1. The van der Waals surface area contributed by atoms with E-state index in [4.69, 9.17) is 7.16 Å². The number of hydrogen-bond acceptors (Lipinski definition) is 2. The lowest BCUT2D eigenvalue weighted by Crippen LogP contribution is -2.14. The average molecular weight is 1060 g/mol. The molecule has 0 amide bonds. The van der Waals surface area contributed by atoms with Crippen LogP contribution in [0, 0.1) is 17.9 Å². The fourth-order valence-corrected chi connectivity index (χ4v) is 12.0. The van der Waals surface area contributed by atoms with E-state index >= 15 is 0 Å². The Morgan fingerprint density at radius 1 is 0.383 bits per heavy atom. The van der Waals surface area contributed by atoms with Crippen molar-refractivity contribution in [2.24, 2.45) is 0 Å². The first kappa shape index (κ1) is 27.3. The smallest absolute Gasteiger partial charge is 0.237 e. The van der Waals surface area contributed by atoms with E-state index in [2.05, 4.69) is 10.9 Å². The van der Waals surface area contributed by atoms with Gasteiger partial charge in [-0.3, -0.25) is 0 Å². The Kier molecular flexibility index (Phi) is 5.75. The zero-order valence-corrected chi connectivity index (χ0v) is 41.5. The quantitative estimate of drug-likeness (QED) is 0.156. The van der Waals surface area contributed by atoms with Crippen LogP contribution in [-0.4, -0.2) is 18.3 Å². The van der Waals surface area contributed by atoms with Crippen molar-refractivity contribution >= 4 is 115 Å². The lowest BCUT2D eigenvalue weighted by atomic mass is 9.94. The van der Waals surface area contributed by atoms with Crippen LogP contribution in [0.3, 0.4) is 0 Å². The summed E-state index contributed by atoms with van der Waals surface area (Å²) in [4.78, 5) is 4.30. The summed E-state index contributed by atoms with van der Waals surface area (Å²) < 4.78 is 242. The van der Waals surface area contributed by atoms with Crippen LogP contribution in [0.1, 0.15) is 38.5 Å². The Bertz CT molecular complexity index is 6680. The van der Waals surface area contributed by atoms with Crippen molar-refractivity contribution in [2.75, 3.05) is 0 Å². The predicted molar refractivity (Wildman–Crippen MR) is 333 cm³/mol. The summed E-state index contributed by atoms with van der Waals surface area (Å²) in [5.74, 6) is 0. The van der Waals surface area contributed by atoms with E-state index in [1.54, 1.807) is 48.5 Å². The van der Waals surface area contributed by atoms with Gasteiger partial charge < -0.3 is 22.7 Å². The van der Waals surface area contributed by atoms with Gasteiger partial charge in [0, 0.05) is 48.5 Å². The number of hydrogen-bond donors (Lipinski definition) is 0. The molecular formula is C74H42N6O. The standard InChI is InChI=1S/C74H42N6O/c1-76-69-71(77-59-32-14-7-25-49(59)50-26-8-15-33-60(50)77)58(44-75)72(78-61-34-16-9-27-51(61)52-28-10-17-35-62(52)78)74(73(69)79-63-36-18-11-29-53(63)54-30-12-19-37-64(54)79)80-65-43-46(48-24-6-5-23-47(48)45-21-3-2-4-22-45)39-40-55(65)56-41-42-67-68(70(56)80)57-31-13-20-38-66(57)81-67/h2-43H/i7D,8D,9D,10D,11D,12D,14D,15D,16D,17D,18D,19D,25D,26D,27D,28D,29D,30D,32D,33D,34D,35D,36D,37D. The fourth-order valence-electron chi connectivity index (χ4n) is 12.0. The topological polar surface area (TPSA) is 61.0 Å². The van der Waals surface area contributed by atoms with E-state index in [1.165, 1.54) is 4.57 Å². The average Bonchev–Trinajstić information content (AvgIpc) is 1.53. The Labute approximate surface area is 497 Å². The zero-order chi connectivity index (χ0) is 74.3. The number of rotatable bonds is 6. The molecule has 12 aromatic carbocycles. The summed E-state index contributed by atoms with van der Waals surface area (Å²) in [6.45, 7) is 10.0. The van der Waals surface area contributed by atoms with Gasteiger partial charge in [0.2, 0.25) is 5.69 Å². The molecule has 0 aliphatic carbocycles. The van der Waals surface area contributed by atoms with E-state index in [0.29, 0.717) is 38.3 Å². The molecular weight excluding hydrogens is 989 g/mol. The summed E-state index contributed by atoms with van der Waals surface area (Å²) in [5, 5.41) is 11.1.